The largest absolute Gasteiger partial charge is 0.472 e. The molecule has 9 heteroatoms. The molecular formula is C55H98NO7P. The number of phosphoric ester groups is 1. The van der Waals surface area contributed by atoms with Crippen molar-refractivity contribution >= 4 is 13.8 Å². The first-order chi connectivity index (χ1) is 31.4. The summed E-state index contributed by atoms with van der Waals surface area (Å²) in [5, 5.41) is 0. The predicted octanol–water partition coefficient (Wildman–Crippen LogP) is 16.4. The molecule has 0 aliphatic heterocycles. The zero-order valence-electron chi connectivity index (χ0n) is 41.2. The number of carbonyl (C=O) groups is 1. The molecule has 0 aromatic heterocycles. The highest BCUT2D eigenvalue weighted by Crippen LogP contribution is 2.43. The summed E-state index contributed by atoms with van der Waals surface area (Å²) in [6, 6.07) is 0. The average Bonchev–Trinajstić information content (AvgIpc) is 3.29. The summed E-state index contributed by atoms with van der Waals surface area (Å²) < 4.78 is 33.6. The van der Waals surface area contributed by atoms with Crippen LogP contribution in [0.3, 0.4) is 0 Å². The van der Waals surface area contributed by atoms with Gasteiger partial charge in [0.05, 0.1) is 19.8 Å². The van der Waals surface area contributed by atoms with Crippen LogP contribution in [-0.2, 0) is 27.9 Å². The second-order valence-corrected chi connectivity index (χ2v) is 18.5. The molecule has 0 amide bonds. The Morgan fingerprint density at radius 3 is 1.30 bits per heavy atom. The van der Waals surface area contributed by atoms with Gasteiger partial charge in [0.1, 0.15) is 6.10 Å². The Labute approximate surface area is 394 Å². The van der Waals surface area contributed by atoms with Crippen molar-refractivity contribution in [2.45, 2.75) is 225 Å². The number of rotatable bonds is 49. The number of unbranched alkanes of at least 4 members (excludes halogenated alkanes) is 22. The van der Waals surface area contributed by atoms with E-state index in [1.54, 1.807) is 0 Å². The zero-order valence-corrected chi connectivity index (χ0v) is 42.1. The summed E-state index contributed by atoms with van der Waals surface area (Å²) in [6.45, 7) is 4.78. The molecule has 0 radical (unpaired) electrons. The lowest BCUT2D eigenvalue weighted by atomic mass is 10.0. The van der Waals surface area contributed by atoms with Crippen LogP contribution in [0.4, 0.5) is 0 Å². The average molecular weight is 916 g/mol. The van der Waals surface area contributed by atoms with Crippen LogP contribution in [0.5, 0.6) is 0 Å². The lowest BCUT2D eigenvalue weighted by molar-refractivity contribution is -0.154. The molecule has 3 N–H and O–H groups in total. The maximum atomic E-state index is 12.7. The van der Waals surface area contributed by atoms with Gasteiger partial charge in [-0.05, 0) is 70.6 Å². The van der Waals surface area contributed by atoms with Gasteiger partial charge in [-0.15, -0.1) is 0 Å². The van der Waals surface area contributed by atoms with Crippen molar-refractivity contribution in [3.05, 3.63) is 85.1 Å². The predicted molar refractivity (Wildman–Crippen MR) is 275 cm³/mol. The number of carbonyl (C=O) groups excluding carboxylic acids is 1. The smallest absolute Gasteiger partial charge is 0.457 e. The minimum atomic E-state index is -4.30. The molecule has 0 aromatic rings. The normalized spacial score (nSPS) is 14.0. The van der Waals surface area contributed by atoms with Gasteiger partial charge < -0.3 is 20.1 Å². The number of esters is 1. The van der Waals surface area contributed by atoms with Crippen molar-refractivity contribution in [2.75, 3.05) is 33.0 Å². The third kappa shape index (κ3) is 50.7. The monoisotopic (exact) mass is 916 g/mol. The van der Waals surface area contributed by atoms with E-state index in [9.17, 15) is 14.3 Å². The van der Waals surface area contributed by atoms with Crippen LogP contribution < -0.4 is 5.73 Å². The van der Waals surface area contributed by atoms with Gasteiger partial charge in [-0.2, -0.15) is 0 Å². The van der Waals surface area contributed by atoms with Crippen molar-refractivity contribution in [1.82, 2.24) is 0 Å². The van der Waals surface area contributed by atoms with Crippen LogP contribution >= 0.6 is 7.82 Å². The van der Waals surface area contributed by atoms with Crippen molar-refractivity contribution in [2.24, 2.45) is 5.73 Å². The third-order valence-electron chi connectivity index (χ3n) is 10.8. The van der Waals surface area contributed by atoms with E-state index in [4.69, 9.17) is 24.3 Å². The lowest BCUT2D eigenvalue weighted by Crippen LogP contribution is -2.28. The quantitative estimate of drug-likeness (QED) is 0.0268. The Morgan fingerprint density at radius 1 is 0.484 bits per heavy atom. The Hall–Kier alpha value is -2.32. The first-order valence-electron chi connectivity index (χ1n) is 26.1. The standard InChI is InChI=1S/C55H98NO7P/c1-3-5-7-9-11-13-15-17-19-21-23-25-26-27-28-29-30-32-34-36-38-40-42-44-46-48-55(57)63-54(53-62-64(58,59)61-51-49-56)52-60-50-47-45-43-41-39-37-35-33-31-24-22-20-18-16-14-12-10-8-6-4-2/h5,7,11,13,17,19,23,25,27-28,30,32,36,38,54H,3-4,6,8-10,12,14-16,18,20-22,24,26,29,31,33-35,37,39-53,56H2,1-2H3,(H,58,59)/b7-5-,13-11-,19-17-,25-23-,28-27-,32-30-,38-36-. The summed E-state index contributed by atoms with van der Waals surface area (Å²) in [4.78, 5) is 22.6. The minimum Gasteiger partial charge on any atom is -0.457 e. The van der Waals surface area contributed by atoms with E-state index in [0.29, 0.717) is 13.0 Å². The molecule has 0 aromatic carbocycles. The molecule has 0 heterocycles. The van der Waals surface area contributed by atoms with Gasteiger partial charge in [0, 0.05) is 19.6 Å². The summed E-state index contributed by atoms with van der Waals surface area (Å²) in [7, 11) is -4.30. The SMILES string of the molecule is CC/C=C\C/C=C\C/C=C\C/C=C\C/C=C\C/C=C\C/C=C\CCCCCC(=O)OC(COCCCCCCCCCCCCCCCCCCCCCC)COP(=O)(O)OCCN. The highest BCUT2D eigenvalue weighted by atomic mass is 31.2. The second-order valence-electron chi connectivity index (χ2n) is 17.0. The molecule has 0 saturated heterocycles. The number of nitrogens with two attached hydrogens (primary N) is 1. The molecule has 8 nitrogen and oxygen atoms in total. The van der Waals surface area contributed by atoms with E-state index in [1.807, 2.05) is 0 Å². The summed E-state index contributed by atoms with van der Waals surface area (Å²) in [5.74, 6) is -0.361. The molecule has 0 rings (SSSR count). The van der Waals surface area contributed by atoms with Crippen LogP contribution in [0.1, 0.15) is 219 Å². The molecule has 2 atom stereocenters. The van der Waals surface area contributed by atoms with Crippen LogP contribution in [0.25, 0.3) is 0 Å². The van der Waals surface area contributed by atoms with E-state index in [0.717, 1.165) is 77.0 Å². The van der Waals surface area contributed by atoms with E-state index < -0.39 is 13.9 Å². The van der Waals surface area contributed by atoms with E-state index in [-0.39, 0.29) is 38.8 Å². The van der Waals surface area contributed by atoms with E-state index >= 15 is 0 Å². The molecule has 0 bridgehead atoms. The lowest BCUT2D eigenvalue weighted by Gasteiger charge is -2.20. The molecule has 0 aliphatic carbocycles. The van der Waals surface area contributed by atoms with Crippen LogP contribution in [0, 0.1) is 0 Å². The highest BCUT2D eigenvalue weighted by Gasteiger charge is 2.25. The fourth-order valence-electron chi connectivity index (χ4n) is 7.04. The Kier molecular flexibility index (Phi) is 49.8. The van der Waals surface area contributed by atoms with E-state index in [1.165, 1.54) is 116 Å². The summed E-state index contributed by atoms with van der Waals surface area (Å²) >= 11 is 0. The van der Waals surface area contributed by atoms with Crippen LogP contribution in [-0.4, -0.2) is 49.9 Å². The number of phosphoric acid groups is 1. The van der Waals surface area contributed by atoms with Gasteiger partial charge >= 0.3 is 13.8 Å². The minimum absolute atomic E-state index is 0.0914. The molecule has 0 aliphatic rings. The topological polar surface area (TPSA) is 117 Å². The molecule has 2 unspecified atom stereocenters. The second kappa shape index (κ2) is 51.7. The molecular weight excluding hydrogens is 818 g/mol. The van der Waals surface area contributed by atoms with Crippen LogP contribution in [0.2, 0.25) is 0 Å². The molecule has 0 fully saturated rings. The molecule has 370 valence electrons. The fourth-order valence-corrected chi connectivity index (χ4v) is 7.80. The first-order valence-corrected chi connectivity index (χ1v) is 27.6. The number of hydrogen-bond acceptors (Lipinski definition) is 7. The van der Waals surface area contributed by atoms with Gasteiger partial charge in [0.25, 0.3) is 0 Å². The van der Waals surface area contributed by atoms with Crippen LogP contribution in [0.15, 0.2) is 85.1 Å². The van der Waals surface area contributed by atoms with Crippen molar-refractivity contribution < 1.29 is 32.8 Å². The number of hydrogen-bond donors (Lipinski definition) is 2. The Balaban J connectivity index is 4.04. The Bertz CT molecular complexity index is 1260. The number of allylic oxidation sites excluding steroid dienone is 14. The first kappa shape index (κ1) is 61.7. The summed E-state index contributed by atoms with van der Waals surface area (Å²) in [6.07, 6.45) is 67.6. The molecule has 0 spiro atoms. The van der Waals surface area contributed by atoms with Crippen molar-refractivity contribution in [3.63, 3.8) is 0 Å². The van der Waals surface area contributed by atoms with E-state index in [2.05, 4.69) is 98.9 Å². The molecule has 0 saturated carbocycles. The van der Waals surface area contributed by atoms with Gasteiger partial charge in [-0.1, -0.05) is 227 Å². The maximum absolute atomic E-state index is 12.7. The molecule has 64 heavy (non-hydrogen) atoms. The fraction of sp³-hybridized carbons (Fsp3) is 0.727. The Morgan fingerprint density at radius 2 is 0.875 bits per heavy atom. The van der Waals surface area contributed by atoms with Gasteiger partial charge in [0.2, 0.25) is 0 Å². The van der Waals surface area contributed by atoms with Crippen molar-refractivity contribution in [3.8, 4) is 0 Å². The van der Waals surface area contributed by atoms with Gasteiger partial charge in [-0.3, -0.25) is 13.8 Å². The van der Waals surface area contributed by atoms with Gasteiger partial charge in [-0.25, -0.2) is 4.57 Å². The third-order valence-corrected chi connectivity index (χ3v) is 11.8. The maximum Gasteiger partial charge on any atom is 0.472 e. The highest BCUT2D eigenvalue weighted by molar-refractivity contribution is 7.47. The number of ether oxygens (including phenoxy) is 2. The summed E-state index contributed by atoms with van der Waals surface area (Å²) in [5.41, 5.74) is 5.39. The van der Waals surface area contributed by atoms with Gasteiger partial charge in [0.15, 0.2) is 0 Å². The zero-order chi connectivity index (χ0) is 46.5. The van der Waals surface area contributed by atoms with Crippen molar-refractivity contribution in [1.29, 1.82) is 0 Å².